The van der Waals surface area contributed by atoms with Gasteiger partial charge < -0.3 is 29.9 Å². The Kier molecular flexibility index (Phi) is 6.23. The predicted octanol–water partition coefficient (Wildman–Crippen LogP) is 4.49. The molecule has 0 radical (unpaired) electrons. The molecule has 7 nitrogen and oxygen atoms in total. The zero-order chi connectivity index (χ0) is 23.8. The summed E-state index contributed by atoms with van der Waals surface area (Å²) < 4.78 is 5.51. The largest absolute Gasteiger partial charge is 0.508 e. The monoisotopic (exact) mass is 440 g/mol. The Morgan fingerprint density at radius 3 is 2.31 bits per heavy atom. The molecule has 1 heterocycles. The van der Waals surface area contributed by atoms with Crippen molar-refractivity contribution in [2.45, 2.75) is 52.6 Å². The minimum Gasteiger partial charge on any atom is -0.508 e. The number of fused-ring (bicyclic) bond motifs is 1. The molecule has 0 unspecified atom stereocenters. The van der Waals surface area contributed by atoms with Crippen molar-refractivity contribution in [2.75, 3.05) is 0 Å². The Hall–Kier alpha value is -3.45. The number of rotatable bonds is 6. The molecule has 0 fully saturated rings. The van der Waals surface area contributed by atoms with Crippen LogP contribution in [0.3, 0.4) is 0 Å². The minimum atomic E-state index is -1.03. The summed E-state index contributed by atoms with van der Waals surface area (Å²) in [5, 5.41) is 51.9. The highest BCUT2D eigenvalue weighted by atomic mass is 16.3. The average molecular weight is 440 g/mol. The first-order chi connectivity index (χ1) is 14.9. The summed E-state index contributed by atoms with van der Waals surface area (Å²) >= 11 is 0. The summed E-state index contributed by atoms with van der Waals surface area (Å²) in [4.78, 5) is 13.3. The molecular formula is C25H28O7. The van der Waals surface area contributed by atoms with Crippen LogP contribution in [0.25, 0.3) is 22.1 Å². The number of phenols is 4. The minimum absolute atomic E-state index is 0.00266. The van der Waals surface area contributed by atoms with E-state index in [4.69, 9.17) is 4.42 Å². The van der Waals surface area contributed by atoms with Crippen LogP contribution in [0.4, 0.5) is 0 Å². The second-order valence-electron chi connectivity index (χ2n) is 8.83. The van der Waals surface area contributed by atoms with Crippen molar-refractivity contribution in [3.05, 3.63) is 57.5 Å². The predicted molar refractivity (Wildman–Crippen MR) is 122 cm³/mol. The third kappa shape index (κ3) is 4.57. The number of aliphatic hydroxyl groups is 1. The summed E-state index contributed by atoms with van der Waals surface area (Å²) in [5.41, 5.74) is -0.0787. The van der Waals surface area contributed by atoms with Crippen LogP contribution in [0.5, 0.6) is 23.0 Å². The number of phenolic OH excluding ortho intramolecular Hbond substituents is 4. The molecule has 32 heavy (non-hydrogen) atoms. The van der Waals surface area contributed by atoms with Crippen LogP contribution in [0.15, 0.2) is 45.3 Å². The molecule has 170 valence electrons. The number of hydrogen-bond acceptors (Lipinski definition) is 7. The van der Waals surface area contributed by atoms with Gasteiger partial charge in [0.25, 0.3) is 0 Å². The zero-order valence-electron chi connectivity index (χ0n) is 18.6. The topological polar surface area (TPSA) is 131 Å². The molecule has 0 spiro atoms. The first-order valence-corrected chi connectivity index (χ1v) is 10.3. The lowest BCUT2D eigenvalue weighted by atomic mass is 9.95. The Balaban J connectivity index is 2.20. The second-order valence-corrected chi connectivity index (χ2v) is 8.83. The molecule has 0 amide bonds. The van der Waals surface area contributed by atoms with Gasteiger partial charge in [-0.2, -0.15) is 0 Å². The molecule has 3 rings (SSSR count). The van der Waals surface area contributed by atoms with E-state index in [2.05, 4.69) is 0 Å². The van der Waals surface area contributed by atoms with Gasteiger partial charge in [0.15, 0.2) is 0 Å². The van der Waals surface area contributed by atoms with E-state index >= 15 is 0 Å². The van der Waals surface area contributed by atoms with Crippen LogP contribution >= 0.6 is 0 Å². The molecule has 2 aromatic carbocycles. The van der Waals surface area contributed by atoms with Crippen molar-refractivity contribution in [3.8, 4) is 34.1 Å². The number of benzene rings is 2. The van der Waals surface area contributed by atoms with E-state index in [1.165, 1.54) is 18.2 Å². The summed E-state index contributed by atoms with van der Waals surface area (Å²) in [7, 11) is 0. The Bertz CT molecular complexity index is 1260. The molecule has 0 aliphatic heterocycles. The summed E-state index contributed by atoms with van der Waals surface area (Å²) in [5.74, 6) is -1.03. The second kappa shape index (κ2) is 8.59. The third-order valence-electron chi connectivity index (χ3n) is 5.37. The molecular weight excluding hydrogens is 412 g/mol. The lowest BCUT2D eigenvalue weighted by molar-refractivity contribution is 0.0711. The zero-order valence-corrected chi connectivity index (χ0v) is 18.6. The van der Waals surface area contributed by atoms with Gasteiger partial charge in [-0.1, -0.05) is 11.6 Å². The maximum atomic E-state index is 13.3. The molecule has 0 atom stereocenters. The van der Waals surface area contributed by atoms with Gasteiger partial charge in [-0.15, -0.1) is 0 Å². The van der Waals surface area contributed by atoms with Gasteiger partial charge in [0.2, 0.25) is 5.43 Å². The molecule has 0 bridgehead atoms. The standard InChI is InChI=1S/C25H28O7/c1-13(2)5-6-15-18(26)8-7-14(22(15)28)17-12-32-20-11-19(27)16(9-10-25(3,4)31)23(29)21(20)24(17)30/h5,7-8,11-12,26-29,31H,6,9-10H2,1-4H3. The van der Waals surface area contributed by atoms with Crippen molar-refractivity contribution in [1.82, 2.24) is 0 Å². The fraction of sp³-hybridized carbons (Fsp3) is 0.320. The lowest BCUT2D eigenvalue weighted by Gasteiger charge is -2.18. The average Bonchev–Trinajstić information content (AvgIpc) is 2.67. The highest BCUT2D eigenvalue weighted by Gasteiger charge is 2.23. The molecule has 0 aliphatic rings. The maximum absolute atomic E-state index is 13.3. The molecule has 3 aromatic rings. The Morgan fingerprint density at radius 1 is 1.00 bits per heavy atom. The van der Waals surface area contributed by atoms with Gasteiger partial charge >= 0.3 is 0 Å². The van der Waals surface area contributed by atoms with Crippen LogP contribution in [0.1, 0.15) is 45.2 Å². The molecule has 1 aromatic heterocycles. The smallest absolute Gasteiger partial charge is 0.204 e. The van der Waals surface area contributed by atoms with E-state index in [9.17, 15) is 30.3 Å². The molecule has 0 saturated heterocycles. The van der Waals surface area contributed by atoms with E-state index in [-0.39, 0.29) is 69.7 Å². The van der Waals surface area contributed by atoms with E-state index in [0.29, 0.717) is 0 Å². The summed E-state index contributed by atoms with van der Waals surface area (Å²) in [6, 6.07) is 4.04. The molecule has 5 N–H and O–H groups in total. The van der Waals surface area contributed by atoms with Crippen molar-refractivity contribution >= 4 is 11.0 Å². The van der Waals surface area contributed by atoms with E-state index in [0.717, 1.165) is 11.8 Å². The molecule has 7 heteroatoms. The highest BCUT2D eigenvalue weighted by Crippen LogP contribution is 2.40. The van der Waals surface area contributed by atoms with Crippen molar-refractivity contribution in [2.24, 2.45) is 0 Å². The van der Waals surface area contributed by atoms with Crippen LogP contribution in [0, 0.1) is 0 Å². The number of hydrogen-bond donors (Lipinski definition) is 5. The van der Waals surface area contributed by atoms with Gasteiger partial charge in [0.1, 0.15) is 40.2 Å². The lowest BCUT2D eigenvalue weighted by Crippen LogP contribution is -2.19. The Labute approximate surface area is 185 Å². The fourth-order valence-corrected chi connectivity index (χ4v) is 3.51. The summed E-state index contributed by atoms with van der Waals surface area (Å²) in [6.45, 7) is 7.00. The van der Waals surface area contributed by atoms with Gasteiger partial charge in [-0.05, 0) is 59.1 Å². The normalized spacial score (nSPS) is 11.7. The van der Waals surface area contributed by atoms with Crippen LogP contribution in [0.2, 0.25) is 0 Å². The van der Waals surface area contributed by atoms with Crippen LogP contribution < -0.4 is 5.43 Å². The van der Waals surface area contributed by atoms with E-state index in [1.807, 2.05) is 19.9 Å². The van der Waals surface area contributed by atoms with E-state index < -0.39 is 16.8 Å². The van der Waals surface area contributed by atoms with Gasteiger partial charge in [0.05, 0.1) is 11.2 Å². The quantitative estimate of drug-likeness (QED) is 0.357. The van der Waals surface area contributed by atoms with Gasteiger partial charge in [0, 0.05) is 22.8 Å². The van der Waals surface area contributed by atoms with Crippen molar-refractivity contribution in [3.63, 3.8) is 0 Å². The Morgan fingerprint density at radius 2 is 1.69 bits per heavy atom. The third-order valence-corrected chi connectivity index (χ3v) is 5.37. The summed E-state index contributed by atoms with van der Waals surface area (Å²) in [6.07, 6.45) is 3.64. The van der Waals surface area contributed by atoms with Gasteiger partial charge in [-0.25, -0.2) is 0 Å². The van der Waals surface area contributed by atoms with Gasteiger partial charge in [-0.3, -0.25) is 4.79 Å². The first-order valence-electron chi connectivity index (χ1n) is 10.3. The van der Waals surface area contributed by atoms with Crippen molar-refractivity contribution < 1.29 is 29.9 Å². The van der Waals surface area contributed by atoms with Crippen molar-refractivity contribution in [1.29, 1.82) is 0 Å². The first kappa shape index (κ1) is 23.2. The highest BCUT2D eigenvalue weighted by molar-refractivity contribution is 5.90. The number of allylic oxidation sites excluding steroid dienone is 2. The van der Waals surface area contributed by atoms with Crippen LogP contribution in [-0.4, -0.2) is 31.1 Å². The maximum Gasteiger partial charge on any atom is 0.204 e. The number of aromatic hydroxyl groups is 4. The molecule has 0 aliphatic carbocycles. The van der Waals surface area contributed by atoms with E-state index in [1.54, 1.807) is 13.8 Å². The fourth-order valence-electron chi connectivity index (χ4n) is 3.51. The van der Waals surface area contributed by atoms with Crippen LogP contribution in [-0.2, 0) is 12.8 Å². The molecule has 0 saturated carbocycles. The SMILES string of the molecule is CC(C)=CCc1c(O)ccc(-c2coc3cc(O)c(CCC(C)(C)O)c(O)c3c2=O)c1O.